The van der Waals surface area contributed by atoms with Crippen LogP contribution in [0.15, 0.2) is 176 Å². The Morgan fingerprint density at radius 3 is 1.22 bits per heavy atom. The van der Waals surface area contributed by atoms with Crippen LogP contribution in [0.5, 0.6) is 0 Å². The maximum atomic E-state index is 15.6. The fourth-order valence-corrected chi connectivity index (χ4v) is 11.4. The third-order valence-electron chi connectivity index (χ3n) is 15.2. The van der Waals surface area contributed by atoms with Crippen LogP contribution in [-0.4, -0.2) is 9.13 Å². The zero-order valence-electron chi connectivity index (χ0n) is 44.2. The zero-order chi connectivity index (χ0) is 60.1. The van der Waals surface area contributed by atoms with Gasteiger partial charge in [0.1, 0.15) is 11.6 Å². The molecule has 12 aromatic rings. The van der Waals surface area contributed by atoms with E-state index in [4.69, 9.17) is 32.9 Å². The highest BCUT2D eigenvalue weighted by molar-refractivity contribution is 6.14. The van der Waals surface area contributed by atoms with Crippen molar-refractivity contribution >= 4 is 72.0 Å². The van der Waals surface area contributed by atoms with Gasteiger partial charge in [-0.05, 0) is 147 Å². The third kappa shape index (κ3) is 8.64. The highest BCUT2D eigenvalue weighted by atomic mass is 19.4. The molecule has 0 saturated carbocycles. The number of nitrogens with zero attached hydrogens (tertiary/aromatic N) is 12. The molecule has 12 nitrogen and oxygen atoms in total. The lowest BCUT2D eigenvalue weighted by Gasteiger charge is -2.21. The van der Waals surface area contributed by atoms with Crippen molar-refractivity contribution in [2.45, 2.75) is 6.18 Å². The van der Waals surface area contributed by atoms with E-state index < -0.39 is 17.3 Å². The summed E-state index contributed by atoms with van der Waals surface area (Å²) in [5.74, 6) is 0. The first kappa shape index (κ1) is 53.1. The summed E-state index contributed by atoms with van der Waals surface area (Å²) in [5, 5.41) is 54.3. The van der Waals surface area contributed by atoms with Gasteiger partial charge in [-0.15, -0.1) is 0 Å². The quantitative estimate of drug-likeness (QED) is 0.146. The number of halogens is 3. The molecule has 0 bridgehead atoms. The Bertz CT molecular complexity index is 4930. The van der Waals surface area contributed by atoms with E-state index in [2.05, 4.69) is 54.6 Å². The fraction of sp³-hybridized carbons (Fsp3) is 0.0141. The van der Waals surface area contributed by atoms with Crippen LogP contribution in [0.25, 0.3) is 135 Å². The summed E-state index contributed by atoms with van der Waals surface area (Å²) in [6, 6.07) is 57.8. The normalized spacial score (nSPS) is 10.8. The van der Waals surface area contributed by atoms with E-state index >= 15 is 13.2 Å². The van der Waals surface area contributed by atoms with E-state index in [9.17, 15) is 26.3 Å². The second kappa shape index (κ2) is 20.9. The molecule has 0 atom stereocenters. The van der Waals surface area contributed by atoms with Crippen molar-refractivity contribution in [2.24, 2.45) is 0 Å². The van der Waals surface area contributed by atoms with Crippen LogP contribution < -0.4 is 0 Å². The largest absolute Gasteiger partial charge is 0.415 e. The summed E-state index contributed by atoms with van der Waals surface area (Å²) in [5.41, 5.74) is 6.31. The highest BCUT2D eigenvalue weighted by Crippen LogP contribution is 2.48. The topological polar surface area (TPSA) is 151 Å². The maximum absolute atomic E-state index is 15.6. The number of nitriles is 5. The number of fused-ring (bicyclic) bond motifs is 6. The minimum absolute atomic E-state index is 0.0192. The molecule has 2 aromatic heterocycles. The molecule has 0 aliphatic carbocycles. The second-order valence-corrected chi connectivity index (χ2v) is 19.7. The van der Waals surface area contributed by atoms with Gasteiger partial charge in [-0.2, -0.15) is 39.5 Å². The summed E-state index contributed by atoms with van der Waals surface area (Å²) in [6.07, 6.45) is -4.97. The Morgan fingerprint density at radius 1 is 0.360 bits per heavy atom. The summed E-state index contributed by atoms with van der Waals surface area (Å²) >= 11 is 0. The van der Waals surface area contributed by atoms with Gasteiger partial charge in [-0.1, -0.05) is 84.9 Å². The van der Waals surface area contributed by atoms with Crippen molar-refractivity contribution in [3.63, 3.8) is 0 Å². The summed E-state index contributed by atoms with van der Waals surface area (Å²) in [4.78, 5) is 18.1. The van der Waals surface area contributed by atoms with Gasteiger partial charge in [0.15, 0.2) is 28.4 Å². The Labute approximate surface area is 488 Å². The summed E-state index contributed by atoms with van der Waals surface area (Å²) in [7, 11) is 0. The van der Waals surface area contributed by atoms with Crippen molar-refractivity contribution in [1.82, 2.24) is 9.13 Å². The molecule has 10 aromatic carbocycles. The number of hydrogen-bond donors (Lipinski definition) is 0. The lowest BCUT2D eigenvalue weighted by Crippen LogP contribution is -2.09. The number of alkyl halides is 3. The van der Waals surface area contributed by atoms with Gasteiger partial charge in [0.05, 0.1) is 107 Å². The van der Waals surface area contributed by atoms with Crippen LogP contribution in [0.4, 0.5) is 41.6 Å². The second-order valence-electron chi connectivity index (χ2n) is 19.7. The van der Waals surface area contributed by atoms with Gasteiger partial charge in [0.25, 0.3) is 0 Å². The molecule has 0 amide bonds. The van der Waals surface area contributed by atoms with E-state index in [-0.39, 0.29) is 73.2 Å². The van der Waals surface area contributed by atoms with Crippen molar-refractivity contribution in [2.75, 3.05) is 0 Å². The fourth-order valence-electron chi connectivity index (χ4n) is 11.4. The van der Waals surface area contributed by atoms with E-state index in [0.29, 0.717) is 88.1 Å². The predicted molar refractivity (Wildman–Crippen MR) is 322 cm³/mol. The molecule has 0 saturated heterocycles. The first-order valence-electron chi connectivity index (χ1n) is 25.8. The van der Waals surface area contributed by atoms with Gasteiger partial charge in [-0.25, -0.2) is 24.2 Å². The Morgan fingerprint density at radius 2 is 0.779 bits per heavy atom. The Hall–Kier alpha value is -13.5. The monoisotopic (exact) mass is 1110 g/mol. The molecule has 0 radical (unpaired) electrons. The maximum Gasteiger partial charge on any atom is 0.415 e. The van der Waals surface area contributed by atoms with Crippen LogP contribution >= 0.6 is 0 Å². The van der Waals surface area contributed by atoms with Crippen LogP contribution in [0.3, 0.4) is 0 Å². The molecule has 86 heavy (non-hydrogen) atoms. The predicted octanol–water partition coefficient (Wildman–Crippen LogP) is 19.3. The average Bonchev–Trinajstić information content (AvgIpc) is 1.58. The lowest BCUT2D eigenvalue weighted by atomic mass is 9.94. The van der Waals surface area contributed by atoms with Crippen LogP contribution in [0.1, 0.15) is 33.4 Å². The number of hydrogen-bond acceptors (Lipinski definition) is 5. The smallest absolute Gasteiger partial charge is 0.308 e. The highest BCUT2D eigenvalue weighted by Gasteiger charge is 2.36. The van der Waals surface area contributed by atoms with Gasteiger partial charge < -0.3 is 9.13 Å². The van der Waals surface area contributed by atoms with Crippen molar-refractivity contribution in [3.05, 3.63) is 266 Å². The molecular formula is C71H29F3N12. The van der Waals surface area contributed by atoms with E-state index in [1.807, 2.05) is 24.3 Å². The van der Waals surface area contributed by atoms with Crippen molar-refractivity contribution in [3.8, 4) is 97.4 Å². The molecule has 15 heteroatoms. The summed E-state index contributed by atoms with van der Waals surface area (Å²) in [6.45, 7) is 39.6. The number of rotatable bonds is 7. The molecule has 0 spiro atoms. The molecule has 0 unspecified atom stereocenters. The van der Waals surface area contributed by atoms with Crippen molar-refractivity contribution in [1.29, 1.82) is 26.3 Å². The zero-order valence-corrected chi connectivity index (χ0v) is 44.2. The molecule has 2 heterocycles. The average molecular weight is 1110 g/mol. The number of aromatic nitrogens is 2. The third-order valence-corrected chi connectivity index (χ3v) is 15.2. The molecule has 394 valence electrons. The van der Waals surface area contributed by atoms with Gasteiger partial charge >= 0.3 is 6.18 Å². The standard InChI is InChI=1S/C71H29F3N12/c1-80-49-15-19-52(48(27-49)38-78)43-12-22-65-56(29-43)58-31-45(54-20-16-50(81-2)34-63(54)84-5)14-24-67(58)86(65)69-33-46(70-60(71(72,73)74)7-6-8-61(70)82-3)32-68(59(69)39-79)85-64-21-11-42(51-17-9-40(35-75)25-47(51)37-77)28-55(64)57-30-44(13-23-66(57)85)53-18-10-41(36-76)26-62(53)83-4/h6-34H. The summed E-state index contributed by atoms with van der Waals surface area (Å²) < 4.78 is 50.2. The molecule has 0 N–H and O–H groups in total. The van der Waals surface area contributed by atoms with E-state index in [1.165, 1.54) is 42.5 Å². The van der Waals surface area contributed by atoms with Gasteiger partial charge in [-0.3, -0.25) is 0 Å². The van der Waals surface area contributed by atoms with Crippen LogP contribution in [-0.2, 0) is 6.18 Å². The first-order valence-corrected chi connectivity index (χ1v) is 25.8. The Balaban J connectivity index is 1.23. The minimum Gasteiger partial charge on any atom is -0.308 e. The van der Waals surface area contributed by atoms with Crippen molar-refractivity contribution < 1.29 is 13.2 Å². The van der Waals surface area contributed by atoms with Crippen LogP contribution in [0.2, 0.25) is 0 Å². The van der Waals surface area contributed by atoms with Gasteiger partial charge in [0.2, 0.25) is 0 Å². The van der Waals surface area contributed by atoms with Crippen LogP contribution in [0, 0.1) is 89.5 Å². The molecule has 12 rings (SSSR count). The van der Waals surface area contributed by atoms with E-state index in [1.54, 1.807) is 106 Å². The molecule has 0 aliphatic rings. The van der Waals surface area contributed by atoms with E-state index in [0.717, 1.165) is 12.1 Å². The number of benzene rings is 10. The molecule has 0 fully saturated rings. The molecular weight excluding hydrogens is 1080 g/mol. The lowest BCUT2D eigenvalue weighted by molar-refractivity contribution is -0.137. The minimum atomic E-state index is -4.97. The SMILES string of the molecule is [C-]#[N+]c1ccc(-c2ccc3c(c2)c2cc(-c4ccc([N+]#[C-])cc4[N+]#[C-])ccc2n3-c2cc(-c3c([N+]#[C-])cccc3C(F)(F)F)cc(-n3c4ccc(-c5ccc(C#N)cc5C#N)cc4c4cc(-c5ccc(C#N)cc5[N+]#[C-])ccc43)c2C#N)c(C#N)c1. The first-order chi connectivity index (χ1) is 41.8. The Kier molecular flexibility index (Phi) is 12.9. The van der Waals surface area contributed by atoms with Gasteiger partial charge in [0, 0.05) is 32.7 Å². The molecule has 0 aliphatic heterocycles.